The van der Waals surface area contributed by atoms with E-state index in [1.807, 2.05) is 24.8 Å². The number of ether oxygens (including phenoxy) is 2. The highest BCUT2D eigenvalue weighted by Gasteiger charge is 2.28. The predicted octanol–water partition coefficient (Wildman–Crippen LogP) is 8.38. The van der Waals surface area contributed by atoms with Crippen molar-refractivity contribution in [3.63, 3.8) is 0 Å². The molecule has 0 fully saturated rings. The van der Waals surface area contributed by atoms with Gasteiger partial charge in [-0.25, -0.2) is 9.98 Å². The maximum absolute atomic E-state index is 5.90. The zero-order valence-electron chi connectivity index (χ0n) is 25.3. The van der Waals surface area contributed by atoms with Gasteiger partial charge in [0.15, 0.2) is 0 Å². The average Bonchev–Trinajstić information content (AvgIpc) is 3.61. The van der Waals surface area contributed by atoms with Gasteiger partial charge in [0.1, 0.15) is 13.2 Å². The summed E-state index contributed by atoms with van der Waals surface area (Å²) in [7, 11) is 0. The van der Waals surface area contributed by atoms with Gasteiger partial charge in [-0.15, -0.1) is 0 Å². The van der Waals surface area contributed by atoms with Crippen LogP contribution in [0.1, 0.15) is 38.8 Å². The van der Waals surface area contributed by atoms with Gasteiger partial charge >= 0.3 is 0 Å². The first-order chi connectivity index (χ1) is 21.2. The van der Waals surface area contributed by atoms with Crippen molar-refractivity contribution in [1.82, 2.24) is 9.97 Å². The van der Waals surface area contributed by atoms with Crippen LogP contribution in [0.25, 0.3) is 54.6 Å². The number of rotatable bonds is 4. The summed E-state index contributed by atoms with van der Waals surface area (Å²) < 4.78 is 11.8. The lowest BCUT2D eigenvalue weighted by atomic mass is 9.90. The third-order valence-electron chi connectivity index (χ3n) is 8.41. The standard InChI is InChI=1S/C38H32N4O2/c1-37(2)21-43-35(41-37)27-13-25(17-39-19-27)23-9-11-31-32-12-10-24(16-34(32)30-8-6-5-7-29(30)33(31)15-23)26-14-28(20-40-18-26)36-42-38(3,4)22-44-36/h5-20H,21-22H2,1-4H3. The summed E-state index contributed by atoms with van der Waals surface area (Å²) >= 11 is 0. The number of benzene rings is 4. The van der Waals surface area contributed by atoms with Gasteiger partial charge in [0.25, 0.3) is 0 Å². The van der Waals surface area contributed by atoms with Crippen molar-refractivity contribution in [2.45, 2.75) is 38.8 Å². The number of aliphatic imine (C=N–C) groups is 2. The Hall–Kier alpha value is -5.10. The average molecular weight is 577 g/mol. The second kappa shape index (κ2) is 9.71. The lowest BCUT2D eigenvalue weighted by Gasteiger charge is -2.14. The summed E-state index contributed by atoms with van der Waals surface area (Å²) in [5.41, 5.74) is 5.64. The Balaban J connectivity index is 1.24. The van der Waals surface area contributed by atoms with Crippen LogP contribution in [0, 0.1) is 0 Å². The highest BCUT2D eigenvalue weighted by molar-refractivity contribution is 6.26. The Morgan fingerprint density at radius 3 is 1.27 bits per heavy atom. The fourth-order valence-electron chi connectivity index (χ4n) is 6.21. The maximum atomic E-state index is 5.90. The molecule has 0 unspecified atom stereocenters. The lowest BCUT2D eigenvalue weighted by molar-refractivity contribution is 0.279. The van der Waals surface area contributed by atoms with Crippen molar-refractivity contribution in [2.24, 2.45) is 9.98 Å². The first-order valence-electron chi connectivity index (χ1n) is 15.0. The van der Waals surface area contributed by atoms with Crippen LogP contribution in [-0.4, -0.2) is 46.1 Å². The van der Waals surface area contributed by atoms with Crippen LogP contribution in [0.4, 0.5) is 0 Å². The molecule has 4 heterocycles. The monoisotopic (exact) mass is 576 g/mol. The second-order valence-electron chi connectivity index (χ2n) is 13.0. The summed E-state index contributed by atoms with van der Waals surface area (Å²) in [4.78, 5) is 18.6. The molecule has 0 saturated heterocycles. The molecular formula is C38H32N4O2. The zero-order valence-corrected chi connectivity index (χ0v) is 25.3. The van der Waals surface area contributed by atoms with Crippen molar-refractivity contribution in [3.8, 4) is 22.3 Å². The van der Waals surface area contributed by atoms with Gasteiger partial charge in [-0.3, -0.25) is 9.97 Å². The predicted molar refractivity (Wildman–Crippen MR) is 179 cm³/mol. The molecule has 0 spiro atoms. The van der Waals surface area contributed by atoms with Crippen LogP contribution in [0.5, 0.6) is 0 Å². The van der Waals surface area contributed by atoms with Crippen molar-refractivity contribution >= 4 is 44.1 Å². The fraction of sp³-hybridized carbons (Fsp3) is 0.211. The second-order valence-corrected chi connectivity index (χ2v) is 13.0. The number of pyridine rings is 2. The topological polar surface area (TPSA) is 69.0 Å². The number of aromatic nitrogens is 2. The number of hydrogen-bond donors (Lipinski definition) is 0. The maximum Gasteiger partial charge on any atom is 0.218 e. The van der Waals surface area contributed by atoms with E-state index in [1.165, 1.54) is 32.3 Å². The molecule has 6 heteroatoms. The Morgan fingerprint density at radius 2 is 0.864 bits per heavy atom. The smallest absolute Gasteiger partial charge is 0.218 e. The van der Waals surface area contributed by atoms with Gasteiger partial charge in [0.05, 0.1) is 22.2 Å². The number of fused-ring (bicyclic) bond motifs is 6. The van der Waals surface area contributed by atoms with Gasteiger partial charge in [-0.1, -0.05) is 48.5 Å². The van der Waals surface area contributed by atoms with E-state index in [-0.39, 0.29) is 11.1 Å². The SMILES string of the molecule is CC1(C)COC(c2cncc(-c3ccc4c5ccc(-c6cncc(C7=NC(C)(C)CO7)c6)cc5c5ccccc5c4c3)c2)=N1. The lowest BCUT2D eigenvalue weighted by Crippen LogP contribution is -2.17. The molecule has 0 amide bonds. The van der Waals surface area contributed by atoms with Crippen molar-refractivity contribution in [2.75, 3.05) is 13.2 Å². The van der Waals surface area contributed by atoms with E-state index < -0.39 is 0 Å². The van der Waals surface area contributed by atoms with E-state index in [1.54, 1.807) is 0 Å². The van der Waals surface area contributed by atoms with Crippen molar-refractivity contribution < 1.29 is 9.47 Å². The minimum absolute atomic E-state index is 0.218. The van der Waals surface area contributed by atoms with Crippen LogP contribution in [0.3, 0.4) is 0 Å². The van der Waals surface area contributed by atoms with Gasteiger partial charge in [-0.2, -0.15) is 0 Å². The molecule has 2 aromatic heterocycles. The molecule has 2 aliphatic rings. The van der Waals surface area contributed by atoms with Crippen LogP contribution in [0.2, 0.25) is 0 Å². The van der Waals surface area contributed by atoms with Crippen molar-refractivity contribution in [3.05, 3.63) is 109 Å². The van der Waals surface area contributed by atoms with Gasteiger partial charge in [-0.05, 0) is 95.4 Å². The molecular weight excluding hydrogens is 544 g/mol. The Kier molecular flexibility index (Phi) is 5.85. The minimum Gasteiger partial charge on any atom is -0.475 e. The van der Waals surface area contributed by atoms with E-state index in [9.17, 15) is 0 Å². The third-order valence-corrected chi connectivity index (χ3v) is 8.41. The molecule has 8 rings (SSSR count). The summed E-state index contributed by atoms with van der Waals surface area (Å²) in [6.07, 6.45) is 7.47. The normalized spacial score (nSPS) is 17.0. The molecule has 0 radical (unpaired) electrons. The summed E-state index contributed by atoms with van der Waals surface area (Å²) in [6, 6.07) is 26.3. The van der Waals surface area contributed by atoms with Crippen LogP contribution >= 0.6 is 0 Å². The number of hydrogen-bond acceptors (Lipinski definition) is 6. The summed E-state index contributed by atoms with van der Waals surface area (Å²) in [6.45, 7) is 9.46. The first kappa shape index (κ1) is 26.5. The van der Waals surface area contributed by atoms with E-state index >= 15 is 0 Å². The Morgan fingerprint density at radius 1 is 0.455 bits per heavy atom. The van der Waals surface area contributed by atoms with Crippen LogP contribution in [0.15, 0.2) is 108 Å². The van der Waals surface area contributed by atoms with Gasteiger partial charge in [0.2, 0.25) is 11.8 Å². The molecule has 0 aliphatic carbocycles. The molecule has 2 aliphatic heterocycles. The third kappa shape index (κ3) is 4.58. The fourth-order valence-corrected chi connectivity index (χ4v) is 6.21. The molecule has 0 atom stereocenters. The molecule has 0 N–H and O–H groups in total. The molecule has 4 aromatic carbocycles. The van der Waals surface area contributed by atoms with Crippen LogP contribution < -0.4 is 0 Å². The quantitative estimate of drug-likeness (QED) is 0.198. The molecule has 216 valence electrons. The summed E-state index contributed by atoms with van der Waals surface area (Å²) in [5.74, 6) is 1.32. The van der Waals surface area contributed by atoms with Gasteiger partial charge < -0.3 is 9.47 Å². The minimum atomic E-state index is -0.218. The van der Waals surface area contributed by atoms with Crippen molar-refractivity contribution in [1.29, 1.82) is 0 Å². The summed E-state index contributed by atoms with van der Waals surface area (Å²) in [5, 5.41) is 7.28. The van der Waals surface area contributed by atoms with Crippen LogP contribution in [-0.2, 0) is 9.47 Å². The van der Waals surface area contributed by atoms with E-state index in [0.717, 1.165) is 33.4 Å². The Labute approximate surface area is 256 Å². The molecule has 6 nitrogen and oxygen atoms in total. The zero-order chi connectivity index (χ0) is 30.1. The molecule has 0 saturated carbocycles. The highest BCUT2D eigenvalue weighted by Crippen LogP contribution is 2.39. The highest BCUT2D eigenvalue weighted by atomic mass is 16.5. The van der Waals surface area contributed by atoms with E-state index in [4.69, 9.17) is 19.5 Å². The largest absolute Gasteiger partial charge is 0.475 e. The number of nitrogens with zero attached hydrogens (tertiary/aromatic N) is 4. The first-order valence-corrected chi connectivity index (χ1v) is 15.0. The molecule has 0 bridgehead atoms. The van der Waals surface area contributed by atoms with E-state index in [0.29, 0.717) is 25.0 Å². The van der Waals surface area contributed by atoms with E-state index in [2.05, 4.69) is 110 Å². The van der Waals surface area contributed by atoms with Gasteiger partial charge in [0, 0.05) is 35.9 Å². The molecule has 44 heavy (non-hydrogen) atoms. The Bertz CT molecular complexity index is 2020. The molecule has 6 aromatic rings.